The minimum absolute atomic E-state index is 0.0227. The fourth-order valence-corrected chi connectivity index (χ4v) is 3.55. The van der Waals surface area contributed by atoms with Crippen LogP contribution in [0.5, 0.6) is 0 Å². The molecule has 1 unspecified atom stereocenters. The predicted molar refractivity (Wildman–Crippen MR) is 74.3 cm³/mol. The van der Waals surface area contributed by atoms with Gasteiger partial charge in [0.15, 0.2) is 0 Å². The van der Waals surface area contributed by atoms with E-state index in [2.05, 4.69) is 10.0 Å². The van der Waals surface area contributed by atoms with E-state index in [1.165, 1.54) is 12.1 Å². The van der Waals surface area contributed by atoms with Crippen molar-refractivity contribution in [3.63, 3.8) is 0 Å². The van der Waals surface area contributed by atoms with E-state index in [4.69, 9.17) is 27.9 Å². The molecule has 106 valence electrons. The van der Waals surface area contributed by atoms with Crippen molar-refractivity contribution in [2.24, 2.45) is 0 Å². The van der Waals surface area contributed by atoms with Crippen LogP contribution in [0.15, 0.2) is 23.1 Å². The zero-order chi connectivity index (χ0) is 13.9. The highest BCUT2D eigenvalue weighted by atomic mass is 35.5. The molecule has 19 heavy (non-hydrogen) atoms. The number of morpholine rings is 1. The number of halogens is 2. The molecule has 1 aromatic carbocycles. The van der Waals surface area contributed by atoms with Crippen LogP contribution in [0.1, 0.15) is 0 Å². The maximum atomic E-state index is 12.1. The van der Waals surface area contributed by atoms with Crippen LogP contribution in [-0.4, -0.2) is 40.8 Å². The number of hydrogen-bond donors (Lipinski definition) is 2. The van der Waals surface area contributed by atoms with Crippen molar-refractivity contribution in [3.05, 3.63) is 28.2 Å². The predicted octanol–water partition coefficient (Wildman–Crippen LogP) is 1.26. The average molecular weight is 325 g/mol. The van der Waals surface area contributed by atoms with E-state index in [1.807, 2.05) is 0 Å². The summed E-state index contributed by atoms with van der Waals surface area (Å²) in [5, 5.41) is 3.36. The summed E-state index contributed by atoms with van der Waals surface area (Å²) in [5.41, 5.74) is 0. The third-order valence-electron chi connectivity index (χ3n) is 2.71. The van der Waals surface area contributed by atoms with Gasteiger partial charge in [-0.1, -0.05) is 29.3 Å². The Kier molecular flexibility index (Phi) is 5.05. The Balaban J connectivity index is 2.07. The zero-order valence-electron chi connectivity index (χ0n) is 10.0. The molecule has 0 amide bonds. The lowest BCUT2D eigenvalue weighted by molar-refractivity contribution is 0.0324. The first kappa shape index (κ1) is 15.0. The van der Waals surface area contributed by atoms with Crippen LogP contribution in [0.25, 0.3) is 0 Å². The maximum absolute atomic E-state index is 12.1. The molecule has 5 nitrogen and oxygen atoms in total. The Morgan fingerprint density at radius 2 is 2.21 bits per heavy atom. The third kappa shape index (κ3) is 3.81. The van der Waals surface area contributed by atoms with Crippen molar-refractivity contribution in [1.82, 2.24) is 10.0 Å². The molecule has 1 aliphatic heterocycles. The van der Waals surface area contributed by atoms with Gasteiger partial charge in [-0.05, 0) is 12.1 Å². The van der Waals surface area contributed by atoms with E-state index in [9.17, 15) is 8.42 Å². The lowest BCUT2D eigenvalue weighted by Gasteiger charge is -2.23. The van der Waals surface area contributed by atoms with Gasteiger partial charge in [-0.15, -0.1) is 0 Å². The monoisotopic (exact) mass is 324 g/mol. The van der Waals surface area contributed by atoms with E-state index in [-0.39, 0.29) is 27.6 Å². The molecule has 1 atom stereocenters. The molecule has 8 heteroatoms. The van der Waals surface area contributed by atoms with E-state index in [0.29, 0.717) is 13.2 Å². The van der Waals surface area contributed by atoms with Crippen molar-refractivity contribution in [3.8, 4) is 0 Å². The van der Waals surface area contributed by atoms with Crippen molar-refractivity contribution in [2.75, 3.05) is 26.2 Å². The number of nitrogens with one attached hydrogen (secondary N) is 2. The summed E-state index contributed by atoms with van der Waals surface area (Å²) in [5.74, 6) is 0. The van der Waals surface area contributed by atoms with Gasteiger partial charge in [0.2, 0.25) is 10.0 Å². The summed E-state index contributed by atoms with van der Waals surface area (Å²) in [6.07, 6.45) is -0.179. The first-order chi connectivity index (χ1) is 9.00. The topological polar surface area (TPSA) is 67.4 Å². The van der Waals surface area contributed by atoms with Crippen LogP contribution in [-0.2, 0) is 14.8 Å². The number of rotatable bonds is 4. The molecule has 2 N–H and O–H groups in total. The van der Waals surface area contributed by atoms with E-state index in [0.717, 1.165) is 6.54 Å². The largest absolute Gasteiger partial charge is 0.374 e. The molecule has 1 aromatic rings. The molecule has 1 aliphatic rings. The van der Waals surface area contributed by atoms with Crippen LogP contribution in [0, 0.1) is 0 Å². The molecule has 0 radical (unpaired) electrons. The fraction of sp³-hybridized carbons (Fsp3) is 0.455. The third-order valence-corrected chi connectivity index (χ3v) is 5.11. The van der Waals surface area contributed by atoms with Gasteiger partial charge in [0.25, 0.3) is 0 Å². The van der Waals surface area contributed by atoms with Crippen LogP contribution in [0.2, 0.25) is 10.0 Å². The highest BCUT2D eigenvalue weighted by molar-refractivity contribution is 7.89. The van der Waals surface area contributed by atoms with Crippen molar-refractivity contribution >= 4 is 33.2 Å². The molecule has 1 fully saturated rings. The Morgan fingerprint density at radius 3 is 2.89 bits per heavy atom. The van der Waals surface area contributed by atoms with Gasteiger partial charge in [-0.3, -0.25) is 0 Å². The van der Waals surface area contributed by atoms with Gasteiger partial charge in [-0.2, -0.15) is 0 Å². The summed E-state index contributed by atoms with van der Waals surface area (Å²) in [4.78, 5) is -0.0227. The Labute approximate surface area is 122 Å². The SMILES string of the molecule is O=S(=O)(NCC1CNCCO1)c1cccc(Cl)c1Cl. The first-order valence-electron chi connectivity index (χ1n) is 5.77. The average Bonchev–Trinajstić information content (AvgIpc) is 2.41. The minimum atomic E-state index is -3.69. The molecule has 1 heterocycles. The maximum Gasteiger partial charge on any atom is 0.242 e. The Morgan fingerprint density at radius 1 is 1.42 bits per heavy atom. The second kappa shape index (κ2) is 6.39. The first-order valence-corrected chi connectivity index (χ1v) is 8.00. The molecule has 1 saturated heterocycles. The minimum Gasteiger partial charge on any atom is -0.374 e. The normalized spacial score (nSPS) is 20.4. The molecule has 0 bridgehead atoms. The smallest absolute Gasteiger partial charge is 0.242 e. The molecule has 0 aromatic heterocycles. The van der Waals surface area contributed by atoms with Gasteiger partial charge in [0.1, 0.15) is 4.90 Å². The second-order valence-corrected chi connectivity index (χ2v) is 6.62. The van der Waals surface area contributed by atoms with Crippen LogP contribution >= 0.6 is 23.2 Å². The fourth-order valence-electron chi connectivity index (χ4n) is 1.72. The number of benzene rings is 1. The van der Waals surface area contributed by atoms with Gasteiger partial charge in [-0.25, -0.2) is 13.1 Å². The molecule has 0 aliphatic carbocycles. The molecule has 0 spiro atoms. The van der Waals surface area contributed by atoms with Gasteiger partial charge in [0.05, 0.1) is 22.8 Å². The Hall–Kier alpha value is -0.370. The van der Waals surface area contributed by atoms with Crippen molar-refractivity contribution in [2.45, 2.75) is 11.0 Å². The lowest BCUT2D eigenvalue weighted by atomic mass is 10.3. The van der Waals surface area contributed by atoms with Crippen molar-refractivity contribution < 1.29 is 13.2 Å². The summed E-state index contributed by atoms with van der Waals surface area (Å²) in [7, 11) is -3.69. The molecular formula is C11H14Cl2N2O3S. The molecular weight excluding hydrogens is 311 g/mol. The summed E-state index contributed by atoms with van der Waals surface area (Å²) in [6.45, 7) is 2.16. The van der Waals surface area contributed by atoms with Gasteiger partial charge < -0.3 is 10.1 Å². The number of ether oxygens (including phenoxy) is 1. The summed E-state index contributed by atoms with van der Waals surface area (Å²) in [6, 6.07) is 4.50. The lowest BCUT2D eigenvalue weighted by Crippen LogP contribution is -2.45. The number of hydrogen-bond acceptors (Lipinski definition) is 4. The Bertz CT molecular complexity index is 545. The highest BCUT2D eigenvalue weighted by Crippen LogP contribution is 2.28. The van der Waals surface area contributed by atoms with Crippen LogP contribution < -0.4 is 10.0 Å². The highest BCUT2D eigenvalue weighted by Gasteiger charge is 2.22. The van der Waals surface area contributed by atoms with Gasteiger partial charge in [0, 0.05) is 19.6 Å². The second-order valence-electron chi connectivity index (χ2n) is 4.10. The van der Waals surface area contributed by atoms with Crippen molar-refractivity contribution in [1.29, 1.82) is 0 Å². The summed E-state index contributed by atoms with van der Waals surface area (Å²) < 4.78 is 32.1. The van der Waals surface area contributed by atoms with Crippen LogP contribution in [0.4, 0.5) is 0 Å². The molecule has 2 rings (SSSR count). The zero-order valence-corrected chi connectivity index (χ0v) is 12.4. The standard InChI is InChI=1S/C11H14Cl2N2O3S/c12-9-2-1-3-10(11(9)13)19(16,17)15-7-8-6-14-4-5-18-8/h1-3,8,14-15H,4-7H2. The van der Waals surface area contributed by atoms with E-state index in [1.54, 1.807) is 6.07 Å². The molecule has 0 saturated carbocycles. The van der Waals surface area contributed by atoms with Crippen LogP contribution in [0.3, 0.4) is 0 Å². The van der Waals surface area contributed by atoms with Gasteiger partial charge >= 0.3 is 0 Å². The van der Waals surface area contributed by atoms with E-state index >= 15 is 0 Å². The summed E-state index contributed by atoms with van der Waals surface area (Å²) >= 11 is 11.7. The van der Waals surface area contributed by atoms with E-state index < -0.39 is 10.0 Å². The number of sulfonamides is 1. The quantitative estimate of drug-likeness (QED) is 0.875.